The van der Waals surface area contributed by atoms with E-state index in [-0.39, 0.29) is 46.9 Å². The number of hydrogen-bond donors (Lipinski definition) is 5. The Balaban J connectivity index is 1.59. The zero-order chi connectivity index (χ0) is 29.5. The number of rotatable bonds is 11. The van der Waals surface area contributed by atoms with Crippen LogP contribution in [0.5, 0.6) is 0 Å². The molecule has 41 heavy (non-hydrogen) atoms. The fraction of sp³-hybridized carbons (Fsp3) is 0.154. The Kier molecular flexibility index (Phi) is 8.47. The van der Waals surface area contributed by atoms with Crippen LogP contribution in [0.4, 0.5) is 11.6 Å². The largest absolute Gasteiger partial charge is 0.481 e. The number of nitrogen functional groups attached to an aromatic ring is 1. The van der Waals surface area contributed by atoms with Gasteiger partial charge in [0.25, 0.3) is 5.91 Å². The van der Waals surface area contributed by atoms with Crippen LogP contribution in [0.1, 0.15) is 39.3 Å². The molecule has 4 aromatic rings. The van der Waals surface area contributed by atoms with Crippen LogP contribution in [-0.4, -0.2) is 60.0 Å². The number of hydrogen-bond acceptors (Lipinski definition) is 11. The van der Waals surface area contributed by atoms with Gasteiger partial charge < -0.3 is 31.1 Å². The van der Waals surface area contributed by atoms with Crippen LogP contribution in [0.25, 0.3) is 11.2 Å². The van der Waals surface area contributed by atoms with Crippen LogP contribution in [0, 0.1) is 0 Å². The van der Waals surface area contributed by atoms with Gasteiger partial charge in [-0.1, -0.05) is 18.2 Å². The smallest absolute Gasteiger partial charge is 0.363 e. The number of carboxylic acid groups (broad SMARTS) is 2. The summed E-state index contributed by atoms with van der Waals surface area (Å²) >= 11 is 0. The summed E-state index contributed by atoms with van der Waals surface area (Å²) in [5.74, 6) is -4.13. The van der Waals surface area contributed by atoms with Crippen molar-refractivity contribution >= 4 is 46.6 Å². The molecule has 0 aliphatic rings. The molecule has 0 radical (unpaired) electrons. The molecule has 6 N–H and O–H groups in total. The Bertz CT molecular complexity index is 1660. The number of carbonyl (C=O) groups excluding carboxylic acids is 2. The molecule has 0 aliphatic carbocycles. The third-order valence-electron chi connectivity index (χ3n) is 5.67. The van der Waals surface area contributed by atoms with Gasteiger partial charge in [-0.3, -0.25) is 14.4 Å². The number of nitrogens with one attached hydrogen (secondary N) is 2. The second-order valence-electron chi connectivity index (χ2n) is 8.61. The number of carbonyl (C=O) groups is 4. The number of amides is 1. The minimum Gasteiger partial charge on any atom is -0.481 e. The predicted molar refractivity (Wildman–Crippen MR) is 143 cm³/mol. The van der Waals surface area contributed by atoms with E-state index >= 15 is 0 Å². The van der Waals surface area contributed by atoms with Crippen molar-refractivity contribution in [2.75, 3.05) is 10.8 Å². The van der Waals surface area contributed by atoms with E-state index in [0.29, 0.717) is 5.69 Å². The first kappa shape index (κ1) is 28.2. The van der Waals surface area contributed by atoms with Crippen molar-refractivity contribution < 1.29 is 34.2 Å². The van der Waals surface area contributed by atoms with Crippen LogP contribution in [-0.2, 0) is 21.0 Å². The van der Waals surface area contributed by atoms with E-state index in [2.05, 4.69) is 25.3 Å². The lowest BCUT2D eigenvalue weighted by atomic mass is 10.1. The summed E-state index contributed by atoms with van der Waals surface area (Å²) in [5.41, 5.74) is 5.77. The fourth-order valence-electron chi connectivity index (χ4n) is 3.65. The topological polar surface area (TPSA) is 231 Å². The third kappa shape index (κ3) is 7.17. The number of nitrogens with two attached hydrogens (primary N) is 1. The average Bonchev–Trinajstić information content (AvgIpc) is 2.95. The van der Waals surface area contributed by atoms with Gasteiger partial charge in [-0.15, -0.1) is 0 Å². The average molecular weight is 562 g/mol. The van der Waals surface area contributed by atoms with Gasteiger partial charge in [-0.25, -0.2) is 19.6 Å². The Hall–Kier alpha value is -5.86. The molecule has 0 unspecified atom stereocenters. The maximum Gasteiger partial charge on any atom is 0.363 e. The molecule has 2 aromatic carbocycles. The van der Waals surface area contributed by atoms with Crippen LogP contribution < -0.4 is 21.7 Å². The van der Waals surface area contributed by atoms with E-state index in [1.165, 1.54) is 35.5 Å². The Morgan fingerprint density at radius 2 is 1.71 bits per heavy atom. The van der Waals surface area contributed by atoms with Crippen LogP contribution in [0.3, 0.4) is 0 Å². The molecule has 15 heteroatoms. The van der Waals surface area contributed by atoms with E-state index < -0.39 is 41.8 Å². The number of H-pyrrole nitrogens is 1. The van der Waals surface area contributed by atoms with Crippen molar-refractivity contribution in [3.05, 3.63) is 88.0 Å². The molecule has 0 bridgehead atoms. The van der Waals surface area contributed by atoms with Gasteiger partial charge in [0.2, 0.25) is 5.95 Å². The highest BCUT2D eigenvalue weighted by Crippen LogP contribution is 2.20. The quantitative estimate of drug-likeness (QED) is 0.162. The standard InChI is InChI=1S/C26H23N7O8/c27-26-31-21-20(23(37)32-26)29-16(12-28-21)13-33(41-25(40)15-4-2-1-3-5-15)17-8-6-14(7-9-17)22(36)30-18(24(38)39)10-11-19(34)35/h1-9,12,18H,10-11,13H2,(H,30,36)(H,34,35)(H,38,39)(H3,27,28,31,32,37)/t18-/m0/s1. The normalized spacial score (nSPS) is 11.4. The third-order valence-corrected chi connectivity index (χ3v) is 5.67. The second-order valence-corrected chi connectivity index (χ2v) is 8.61. The predicted octanol–water partition coefficient (Wildman–Crippen LogP) is 1.12. The van der Waals surface area contributed by atoms with E-state index in [0.717, 1.165) is 0 Å². The zero-order valence-corrected chi connectivity index (χ0v) is 21.2. The molecule has 1 amide bonds. The van der Waals surface area contributed by atoms with Gasteiger partial charge in [-0.05, 0) is 42.8 Å². The summed E-state index contributed by atoms with van der Waals surface area (Å²) in [4.78, 5) is 80.2. The summed E-state index contributed by atoms with van der Waals surface area (Å²) in [7, 11) is 0. The number of benzene rings is 2. The van der Waals surface area contributed by atoms with E-state index in [1.807, 2.05) is 0 Å². The Morgan fingerprint density at radius 1 is 1.00 bits per heavy atom. The van der Waals surface area contributed by atoms with E-state index in [1.54, 1.807) is 30.3 Å². The lowest BCUT2D eigenvalue weighted by Gasteiger charge is -2.23. The van der Waals surface area contributed by atoms with Crippen molar-refractivity contribution in [2.24, 2.45) is 0 Å². The molecule has 1 atom stereocenters. The number of aromatic amines is 1. The number of aliphatic carboxylic acids is 2. The molecule has 2 aromatic heterocycles. The summed E-state index contributed by atoms with van der Waals surface area (Å²) in [6, 6.07) is 12.4. The molecule has 4 rings (SSSR count). The van der Waals surface area contributed by atoms with Crippen molar-refractivity contribution in [1.29, 1.82) is 0 Å². The minimum absolute atomic E-state index is 0.0744. The summed E-state index contributed by atoms with van der Waals surface area (Å²) < 4.78 is 0. The van der Waals surface area contributed by atoms with Crippen LogP contribution in [0.2, 0.25) is 0 Å². The molecule has 2 heterocycles. The molecule has 0 fully saturated rings. The lowest BCUT2D eigenvalue weighted by molar-refractivity contribution is -0.140. The highest BCUT2D eigenvalue weighted by molar-refractivity contribution is 5.97. The van der Waals surface area contributed by atoms with Crippen molar-refractivity contribution in [3.8, 4) is 0 Å². The molecule has 0 saturated heterocycles. The van der Waals surface area contributed by atoms with Gasteiger partial charge in [0.05, 0.1) is 23.1 Å². The SMILES string of the molecule is Nc1nc(=O)c2nc(CN(OC(=O)c3ccccc3)c3ccc(C(=O)N[C@@H](CCC(=O)O)C(=O)O)cc3)cnc2[nH]1. The van der Waals surface area contributed by atoms with Gasteiger partial charge >= 0.3 is 23.5 Å². The number of hydroxylamine groups is 1. The van der Waals surface area contributed by atoms with Crippen molar-refractivity contribution in [1.82, 2.24) is 25.3 Å². The first-order valence-electron chi connectivity index (χ1n) is 12.0. The number of carboxylic acids is 2. The van der Waals surface area contributed by atoms with Gasteiger partial charge in [-0.2, -0.15) is 10.0 Å². The molecular formula is C26H23N7O8. The molecule has 0 saturated carbocycles. The number of anilines is 2. The van der Waals surface area contributed by atoms with Crippen LogP contribution in [0.15, 0.2) is 65.6 Å². The van der Waals surface area contributed by atoms with Crippen molar-refractivity contribution in [3.63, 3.8) is 0 Å². The summed E-state index contributed by atoms with van der Waals surface area (Å²) in [5, 5.41) is 21.6. The lowest BCUT2D eigenvalue weighted by Crippen LogP contribution is -2.41. The van der Waals surface area contributed by atoms with Gasteiger partial charge in [0.15, 0.2) is 11.2 Å². The number of fused-ring (bicyclic) bond motifs is 1. The maximum atomic E-state index is 12.9. The Morgan fingerprint density at radius 3 is 2.37 bits per heavy atom. The minimum atomic E-state index is -1.40. The first-order valence-corrected chi connectivity index (χ1v) is 12.0. The molecule has 0 spiro atoms. The fourth-order valence-corrected chi connectivity index (χ4v) is 3.65. The second kappa shape index (κ2) is 12.3. The number of nitrogens with zero attached hydrogens (tertiary/aromatic N) is 4. The molecule has 0 aliphatic heterocycles. The highest BCUT2D eigenvalue weighted by Gasteiger charge is 2.22. The number of aromatic nitrogens is 4. The summed E-state index contributed by atoms with van der Waals surface area (Å²) in [6.45, 7) is -0.160. The monoisotopic (exact) mass is 561 g/mol. The van der Waals surface area contributed by atoms with Crippen LogP contribution >= 0.6 is 0 Å². The first-order chi connectivity index (χ1) is 19.6. The maximum absolute atomic E-state index is 12.9. The zero-order valence-electron chi connectivity index (χ0n) is 21.2. The summed E-state index contributed by atoms with van der Waals surface area (Å²) in [6.07, 6.45) is 0.617. The van der Waals surface area contributed by atoms with E-state index in [9.17, 15) is 29.1 Å². The van der Waals surface area contributed by atoms with Gasteiger partial charge in [0.1, 0.15) is 12.6 Å². The Labute approximate surface area is 230 Å². The molecule has 15 nitrogen and oxygen atoms in total. The van der Waals surface area contributed by atoms with Crippen molar-refractivity contribution in [2.45, 2.75) is 25.4 Å². The molecule has 210 valence electrons. The highest BCUT2D eigenvalue weighted by atomic mass is 16.7. The molecular weight excluding hydrogens is 538 g/mol. The van der Waals surface area contributed by atoms with E-state index in [4.69, 9.17) is 15.7 Å². The van der Waals surface area contributed by atoms with Gasteiger partial charge in [0, 0.05) is 12.0 Å².